The van der Waals surface area contributed by atoms with Gasteiger partial charge in [-0.05, 0) is 25.3 Å². The van der Waals surface area contributed by atoms with Crippen molar-refractivity contribution in [2.24, 2.45) is 7.05 Å². The van der Waals surface area contributed by atoms with E-state index < -0.39 is 30.4 Å². The summed E-state index contributed by atoms with van der Waals surface area (Å²) < 4.78 is 6.36. The Morgan fingerprint density at radius 2 is 1.76 bits per heavy atom. The van der Waals surface area contributed by atoms with Crippen LogP contribution in [0.5, 0.6) is 0 Å². The molecule has 0 saturated heterocycles. The maximum Gasteiger partial charge on any atom is 0.355 e. The lowest BCUT2D eigenvalue weighted by molar-refractivity contribution is -0.153. The molecule has 0 fully saturated rings. The van der Waals surface area contributed by atoms with E-state index in [0.717, 1.165) is 31.5 Å². The van der Waals surface area contributed by atoms with Crippen molar-refractivity contribution in [1.29, 1.82) is 0 Å². The number of ether oxygens (including phenoxy) is 1. The number of allylic oxidation sites excluding steroid dienone is 1. The van der Waals surface area contributed by atoms with E-state index in [1.807, 2.05) is 6.08 Å². The van der Waals surface area contributed by atoms with Gasteiger partial charge in [0.15, 0.2) is 0 Å². The molecule has 1 aromatic heterocycles. The highest BCUT2D eigenvalue weighted by Gasteiger charge is 2.27. The van der Waals surface area contributed by atoms with Gasteiger partial charge in [0.05, 0.1) is 12.1 Å². The molecule has 1 aromatic rings. The number of carboxylic acid groups (broad SMARTS) is 2. The van der Waals surface area contributed by atoms with Crippen molar-refractivity contribution in [2.75, 3.05) is 11.9 Å². The predicted octanol–water partition coefficient (Wildman–Crippen LogP) is 3.83. The lowest BCUT2D eigenvalue weighted by Crippen LogP contribution is -2.30. The summed E-state index contributed by atoms with van der Waals surface area (Å²) >= 11 is 0. The lowest BCUT2D eigenvalue weighted by atomic mass is 10.1. The highest BCUT2D eigenvalue weighted by Crippen LogP contribution is 2.16. The third-order valence-electron chi connectivity index (χ3n) is 4.51. The third-order valence-corrected chi connectivity index (χ3v) is 4.51. The van der Waals surface area contributed by atoms with E-state index in [9.17, 15) is 14.4 Å². The first-order chi connectivity index (χ1) is 13.8. The van der Waals surface area contributed by atoms with E-state index in [4.69, 9.17) is 14.9 Å². The number of aromatic nitrogens is 1. The highest BCUT2D eigenvalue weighted by atomic mass is 16.6. The van der Waals surface area contributed by atoms with Gasteiger partial charge in [0, 0.05) is 19.8 Å². The lowest BCUT2D eigenvalue weighted by Gasteiger charge is -2.11. The number of carbonyl (C=O) groups excluding carboxylic acids is 1. The van der Waals surface area contributed by atoms with Crippen LogP contribution < -0.4 is 5.32 Å². The highest BCUT2D eigenvalue weighted by molar-refractivity contribution is 5.91. The van der Waals surface area contributed by atoms with Crippen molar-refractivity contribution in [2.45, 2.75) is 63.9 Å². The van der Waals surface area contributed by atoms with Crippen molar-refractivity contribution in [3.63, 3.8) is 0 Å². The maximum absolute atomic E-state index is 12.2. The van der Waals surface area contributed by atoms with Crippen LogP contribution in [0.2, 0.25) is 0 Å². The van der Waals surface area contributed by atoms with Crippen LogP contribution in [0.4, 0.5) is 5.69 Å². The van der Waals surface area contributed by atoms with Gasteiger partial charge in [-0.2, -0.15) is 0 Å². The van der Waals surface area contributed by atoms with Gasteiger partial charge in [-0.3, -0.25) is 4.79 Å². The Hall–Kier alpha value is -2.77. The normalized spacial score (nSPS) is 11.6. The van der Waals surface area contributed by atoms with E-state index in [2.05, 4.69) is 11.9 Å². The summed E-state index contributed by atoms with van der Waals surface area (Å²) in [5.74, 6) is -3.71. The minimum absolute atomic E-state index is 0.156. The SMILES string of the molecule is C=CCCCCCCCCCNc1cc(C(=O)OC(CC(=O)O)C(=O)O)n(C)c1. The molecule has 0 aromatic carbocycles. The largest absolute Gasteiger partial charge is 0.481 e. The molecular formula is C21H32N2O6. The van der Waals surface area contributed by atoms with E-state index in [0.29, 0.717) is 0 Å². The minimum atomic E-state index is -1.72. The summed E-state index contributed by atoms with van der Waals surface area (Å²) in [6.07, 6.45) is 10.6. The minimum Gasteiger partial charge on any atom is -0.481 e. The van der Waals surface area contributed by atoms with Crippen LogP contribution in [-0.4, -0.2) is 45.3 Å². The Kier molecular flexibility index (Phi) is 11.2. The molecule has 0 aliphatic rings. The maximum atomic E-state index is 12.2. The van der Waals surface area contributed by atoms with Gasteiger partial charge in [-0.1, -0.05) is 38.2 Å². The number of hydrogen-bond acceptors (Lipinski definition) is 5. The van der Waals surface area contributed by atoms with Crippen molar-refractivity contribution in [3.05, 3.63) is 30.6 Å². The van der Waals surface area contributed by atoms with Gasteiger partial charge in [-0.15, -0.1) is 6.58 Å². The Balaban J connectivity index is 2.35. The second-order valence-corrected chi connectivity index (χ2v) is 7.03. The third kappa shape index (κ3) is 9.82. The van der Waals surface area contributed by atoms with Crippen LogP contribution in [0.3, 0.4) is 0 Å². The molecule has 1 atom stereocenters. The van der Waals surface area contributed by atoms with E-state index in [-0.39, 0.29) is 5.69 Å². The Morgan fingerprint density at radius 3 is 2.34 bits per heavy atom. The number of unbranched alkanes of at least 4 members (excludes halogenated alkanes) is 7. The monoisotopic (exact) mass is 408 g/mol. The first-order valence-electron chi connectivity index (χ1n) is 10.0. The van der Waals surface area contributed by atoms with Crippen molar-refractivity contribution in [1.82, 2.24) is 4.57 Å². The van der Waals surface area contributed by atoms with Crippen LogP contribution in [0.25, 0.3) is 0 Å². The van der Waals surface area contributed by atoms with Gasteiger partial charge in [0.1, 0.15) is 5.69 Å². The fourth-order valence-corrected chi connectivity index (χ4v) is 2.92. The molecule has 0 aliphatic heterocycles. The average Bonchev–Trinajstić information content (AvgIpc) is 3.03. The molecule has 0 spiro atoms. The van der Waals surface area contributed by atoms with Crippen LogP contribution in [0.1, 0.15) is 68.3 Å². The molecule has 8 nitrogen and oxygen atoms in total. The summed E-state index contributed by atoms with van der Waals surface area (Å²) in [5.41, 5.74) is 0.887. The number of esters is 1. The van der Waals surface area contributed by atoms with E-state index in [1.165, 1.54) is 36.7 Å². The van der Waals surface area contributed by atoms with Gasteiger partial charge in [-0.25, -0.2) is 9.59 Å². The molecule has 1 heterocycles. The molecule has 29 heavy (non-hydrogen) atoms. The van der Waals surface area contributed by atoms with Gasteiger partial charge < -0.3 is 24.8 Å². The van der Waals surface area contributed by atoms with Crippen LogP contribution in [0, 0.1) is 0 Å². The number of nitrogens with zero attached hydrogens (tertiary/aromatic N) is 1. The van der Waals surface area contributed by atoms with Crippen molar-refractivity contribution >= 4 is 23.6 Å². The summed E-state index contributed by atoms with van der Waals surface area (Å²) in [7, 11) is 1.64. The van der Waals surface area contributed by atoms with E-state index in [1.54, 1.807) is 19.3 Å². The van der Waals surface area contributed by atoms with E-state index >= 15 is 0 Å². The number of aryl methyl sites for hydroxylation is 1. The standard InChI is InChI=1S/C21H32N2O6/c1-3-4-5-6-7-8-9-10-11-12-22-16-13-17(23(2)15-16)21(28)29-18(20(26)27)14-19(24)25/h3,13,15,18,22H,1,4-12,14H2,2H3,(H,24,25)(H,26,27). The summed E-state index contributed by atoms with van der Waals surface area (Å²) in [4.78, 5) is 33.9. The van der Waals surface area contributed by atoms with Crippen LogP contribution in [0.15, 0.2) is 24.9 Å². The number of carbonyl (C=O) groups is 3. The Labute approximate surface area is 171 Å². The zero-order valence-corrected chi connectivity index (χ0v) is 17.1. The topological polar surface area (TPSA) is 118 Å². The molecule has 1 unspecified atom stereocenters. The first kappa shape index (κ1) is 24.3. The molecule has 0 bridgehead atoms. The summed E-state index contributed by atoms with van der Waals surface area (Å²) in [5, 5.41) is 20.9. The number of carboxylic acids is 2. The predicted molar refractivity (Wildman–Crippen MR) is 110 cm³/mol. The molecule has 8 heteroatoms. The molecule has 1 rings (SSSR count). The number of nitrogens with one attached hydrogen (secondary N) is 1. The second-order valence-electron chi connectivity index (χ2n) is 7.03. The Morgan fingerprint density at radius 1 is 1.14 bits per heavy atom. The average molecular weight is 408 g/mol. The number of anilines is 1. The molecule has 0 amide bonds. The molecule has 3 N–H and O–H groups in total. The van der Waals surface area contributed by atoms with Gasteiger partial charge in [0.2, 0.25) is 6.10 Å². The van der Waals surface area contributed by atoms with Crippen molar-refractivity contribution in [3.8, 4) is 0 Å². The fraction of sp³-hybridized carbons (Fsp3) is 0.571. The Bertz CT molecular complexity index is 683. The summed E-state index contributed by atoms with van der Waals surface area (Å²) in [6.45, 7) is 4.49. The quantitative estimate of drug-likeness (QED) is 0.216. The summed E-state index contributed by atoms with van der Waals surface area (Å²) in [6, 6.07) is 1.57. The first-order valence-corrected chi connectivity index (χ1v) is 10.0. The second kappa shape index (κ2) is 13.4. The molecule has 162 valence electrons. The zero-order chi connectivity index (χ0) is 21.6. The molecule has 0 radical (unpaired) electrons. The smallest absolute Gasteiger partial charge is 0.355 e. The molecule has 0 aliphatic carbocycles. The fourth-order valence-electron chi connectivity index (χ4n) is 2.92. The van der Waals surface area contributed by atoms with Gasteiger partial charge >= 0.3 is 17.9 Å². The number of hydrogen-bond donors (Lipinski definition) is 3. The number of rotatable bonds is 16. The van der Waals surface area contributed by atoms with Crippen LogP contribution >= 0.6 is 0 Å². The number of aliphatic carboxylic acids is 2. The van der Waals surface area contributed by atoms with Crippen LogP contribution in [-0.2, 0) is 21.4 Å². The zero-order valence-electron chi connectivity index (χ0n) is 17.1. The van der Waals surface area contributed by atoms with Gasteiger partial charge in [0.25, 0.3) is 0 Å². The molecular weight excluding hydrogens is 376 g/mol. The molecule has 0 saturated carbocycles. The van der Waals surface area contributed by atoms with Crippen molar-refractivity contribution < 1.29 is 29.3 Å².